The molecule has 0 aliphatic heterocycles. The second-order valence-electron chi connectivity index (χ2n) is 2.80. The van der Waals surface area contributed by atoms with Crippen molar-refractivity contribution in [1.29, 1.82) is 0 Å². The highest BCUT2D eigenvalue weighted by atomic mass is 35.5. The van der Waals surface area contributed by atoms with Crippen LogP contribution in [0.3, 0.4) is 0 Å². The van der Waals surface area contributed by atoms with Gasteiger partial charge in [0.15, 0.2) is 0 Å². The van der Waals surface area contributed by atoms with E-state index in [9.17, 15) is 4.79 Å². The number of urea groups is 1. The summed E-state index contributed by atoms with van der Waals surface area (Å²) in [5.74, 6) is 0. The van der Waals surface area contributed by atoms with E-state index in [-0.39, 0.29) is 6.03 Å². The smallest absolute Gasteiger partial charge is 0.294 e. The van der Waals surface area contributed by atoms with E-state index in [1.165, 1.54) is 4.90 Å². The maximum Gasteiger partial charge on any atom is 0.333 e. The van der Waals surface area contributed by atoms with Gasteiger partial charge in [-0.05, 0) is 25.1 Å². The molecule has 0 fully saturated rings. The molecule has 1 N–H and O–H groups in total. The van der Waals surface area contributed by atoms with Gasteiger partial charge in [0.1, 0.15) is 0 Å². The van der Waals surface area contributed by atoms with Gasteiger partial charge in [-0.15, -0.1) is 0 Å². The first-order valence-corrected chi connectivity index (χ1v) is 4.85. The van der Waals surface area contributed by atoms with Crippen LogP contribution in [0.5, 0.6) is 0 Å². The molecule has 0 atom stereocenters. The van der Waals surface area contributed by atoms with E-state index >= 15 is 0 Å². The molecular formula is C11H11ClN2O. The van der Waals surface area contributed by atoms with Crippen molar-refractivity contribution >= 4 is 23.3 Å². The van der Waals surface area contributed by atoms with Gasteiger partial charge in [0.2, 0.25) is 0 Å². The molecule has 0 aliphatic carbocycles. The molecule has 0 bridgehead atoms. The molecule has 0 aliphatic rings. The fraction of sp³-hybridized carbons (Fsp3) is 0.182. The van der Waals surface area contributed by atoms with Crippen LogP contribution < -0.4 is 10.2 Å². The summed E-state index contributed by atoms with van der Waals surface area (Å²) in [5, 5.41) is 2.87. The first-order chi connectivity index (χ1) is 7.19. The van der Waals surface area contributed by atoms with Crippen molar-refractivity contribution in [2.24, 2.45) is 0 Å². The first-order valence-electron chi connectivity index (χ1n) is 4.47. The molecule has 2 amide bonds. The summed E-state index contributed by atoms with van der Waals surface area (Å²) in [7, 11) is 0. The summed E-state index contributed by atoms with van der Waals surface area (Å²) in [4.78, 5) is 13.0. The fourth-order valence-electron chi connectivity index (χ4n) is 1.22. The van der Waals surface area contributed by atoms with Gasteiger partial charge in [-0.25, -0.2) is 4.79 Å². The number of benzene rings is 1. The Morgan fingerprint density at radius 2 is 2.40 bits per heavy atom. The summed E-state index contributed by atoms with van der Waals surface area (Å²) < 4.78 is 0. The molecule has 0 saturated carbocycles. The lowest BCUT2D eigenvalue weighted by Gasteiger charge is -2.19. The number of terminal acetylenes is 1. The highest BCUT2D eigenvalue weighted by Gasteiger charge is 2.12. The Labute approximate surface area is 94.0 Å². The molecule has 0 saturated heterocycles. The predicted molar refractivity (Wildman–Crippen MR) is 61.8 cm³/mol. The molecule has 4 heteroatoms. The minimum absolute atomic E-state index is 0.331. The van der Waals surface area contributed by atoms with E-state index in [1.807, 2.05) is 6.92 Å². The van der Waals surface area contributed by atoms with Crippen molar-refractivity contribution in [3.8, 4) is 12.5 Å². The maximum atomic E-state index is 11.5. The van der Waals surface area contributed by atoms with Crippen LogP contribution in [-0.2, 0) is 0 Å². The van der Waals surface area contributed by atoms with Crippen molar-refractivity contribution in [3.63, 3.8) is 0 Å². The van der Waals surface area contributed by atoms with Gasteiger partial charge < -0.3 is 0 Å². The third-order valence-corrected chi connectivity index (χ3v) is 2.10. The minimum Gasteiger partial charge on any atom is -0.294 e. The lowest BCUT2D eigenvalue weighted by atomic mass is 10.3. The third-order valence-electron chi connectivity index (χ3n) is 1.86. The molecule has 0 radical (unpaired) electrons. The monoisotopic (exact) mass is 222 g/mol. The number of hydrogen-bond acceptors (Lipinski definition) is 1. The normalized spacial score (nSPS) is 9.13. The minimum atomic E-state index is -0.331. The van der Waals surface area contributed by atoms with Crippen LogP contribution in [0.15, 0.2) is 24.3 Å². The van der Waals surface area contributed by atoms with Crippen LogP contribution in [0.25, 0.3) is 0 Å². The lowest BCUT2D eigenvalue weighted by Crippen LogP contribution is -2.37. The number of nitrogens with zero attached hydrogens (tertiary/aromatic N) is 1. The fourth-order valence-corrected chi connectivity index (χ4v) is 1.40. The van der Waals surface area contributed by atoms with E-state index in [2.05, 4.69) is 11.4 Å². The topological polar surface area (TPSA) is 32.3 Å². The van der Waals surface area contributed by atoms with Crippen molar-refractivity contribution in [2.45, 2.75) is 6.92 Å². The van der Waals surface area contributed by atoms with Crippen LogP contribution in [0.2, 0.25) is 5.02 Å². The number of carbonyl (C=O) groups is 1. The zero-order valence-corrected chi connectivity index (χ0v) is 9.08. The Morgan fingerprint density at radius 1 is 1.67 bits per heavy atom. The summed E-state index contributed by atoms with van der Waals surface area (Å²) in [6, 6.07) is 8.80. The van der Waals surface area contributed by atoms with Crippen molar-refractivity contribution in [3.05, 3.63) is 29.3 Å². The standard InChI is InChI=1S/C11H11ClN2O/c1-3-13-11(15)14(4-2)10-7-5-6-9(12)8-10/h1,5-8H,4H2,2H3,(H,13,15). The molecule has 1 rings (SSSR count). The molecule has 0 spiro atoms. The van der Waals surface area contributed by atoms with Gasteiger partial charge in [-0.1, -0.05) is 24.1 Å². The van der Waals surface area contributed by atoms with Crippen LogP contribution in [0, 0.1) is 12.5 Å². The number of hydrogen-bond donors (Lipinski definition) is 1. The first kappa shape index (κ1) is 11.4. The van der Waals surface area contributed by atoms with E-state index < -0.39 is 0 Å². The summed E-state index contributed by atoms with van der Waals surface area (Å²) in [6.07, 6.45) is 5.00. The second-order valence-corrected chi connectivity index (χ2v) is 3.24. The number of nitrogens with one attached hydrogen (secondary N) is 1. The van der Waals surface area contributed by atoms with E-state index in [4.69, 9.17) is 18.0 Å². The predicted octanol–water partition coefficient (Wildman–Crippen LogP) is 2.47. The summed E-state index contributed by atoms with van der Waals surface area (Å²) in [6.45, 7) is 2.38. The number of anilines is 1. The van der Waals surface area contributed by atoms with Crippen LogP contribution >= 0.6 is 11.6 Å². The second kappa shape index (κ2) is 5.28. The quantitative estimate of drug-likeness (QED) is 0.605. The van der Waals surface area contributed by atoms with Crippen molar-refractivity contribution < 1.29 is 4.79 Å². The number of amides is 2. The molecular weight excluding hydrogens is 212 g/mol. The van der Waals surface area contributed by atoms with Crippen molar-refractivity contribution in [2.75, 3.05) is 11.4 Å². The third kappa shape index (κ3) is 2.90. The molecule has 1 aromatic carbocycles. The average molecular weight is 223 g/mol. The number of carbonyl (C=O) groups excluding carboxylic acids is 1. The van der Waals surface area contributed by atoms with Gasteiger partial charge in [0.05, 0.1) is 0 Å². The summed E-state index contributed by atoms with van der Waals surface area (Å²) in [5.41, 5.74) is 0.720. The van der Waals surface area contributed by atoms with Gasteiger partial charge in [0, 0.05) is 23.3 Å². The largest absolute Gasteiger partial charge is 0.333 e. The number of rotatable bonds is 2. The van der Waals surface area contributed by atoms with Gasteiger partial charge in [0.25, 0.3) is 0 Å². The lowest BCUT2D eigenvalue weighted by molar-refractivity contribution is 0.250. The van der Waals surface area contributed by atoms with Crippen LogP contribution in [-0.4, -0.2) is 12.6 Å². The Bertz CT molecular complexity index is 398. The zero-order chi connectivity index (χ0) is 11.3. The van der Waals surface area contributed by atoms with Crippen LogP contribution in [0.1, 0.15) is 6.92 Å². The molecule has 0 aromatic heterocycles. The van der Waals surface area contributed by atoms with E-state index in [0.717, 1.165) is 5.69 Å². The molecule has 3 nitrogen and oxygen atoms in total. The molecule has 15 heavy (non-hydrogen) atoms. The zero-order valence-electron chi connectivity index (χ0n) is 8.33. The molecule has 78 valence electrons. The van der Waals surface area contributed by atoms with E-state index in [0.29, 0.717) is 11.6 Å². The summed E-state index contributed by atoms with van der Waals surface area (Å²) >= 11 is 5.83. The Kier molecular flexibility index (Phi) is 4.02. The Morgan fingerprint density at radius 3 is 2.93 bits per heavy atom. The van der Waals surface area contributed by atoms with Crippen LogP contribution in [0.4, 0.5) is 10.5 Å². The molecule has 1 aromatic rings. The SMILES string of the molecule is C#CNC(=O)N(CC)c1cccc(Cl)c1. The molecule has 0 unspecified atom stereocenters. The van der Waals surface area contributed by atoms with Gasteiger partial charge in [-0.3, -0.25) is 10.2 Å². The molecule has 0 heterocycles. The van der Waals surface area contributed by atoms with Crippen molar-refractivity contribution in [1.82, 2.24) is 5.32 Å². The Balaban J connectivity index is 2.93. The highest BCUT2D eigenvalue weighted by molar-refractivity contribution is 6.30. The number of halogens is 1. The van der Waals surface area contributed by atoms with Gasteiger partial charge in [-0.2, -0.15) is 0 Å². The Hall–Kier alpha value is -1.66. The van der Waals surface area contributed by atoms with E-state index in [1.54, 1.807) is 24.3 Å². The highest BCUT2D eigenvalue weighted by Crippen LogP contribution is 2.19. The maximum absolute atomic E-state index is 11.5. The van der Waals surface area contributed by atoms with Gasteiger partial charge >= 0.3 is 6.03 Å². The average Bonchev–Trinajstić information content (AvgIpc) is 2.19.